The van der Waals surface area contributed by atoms with Gasteiger partial charge in [0.25, 0.3) is 11.8 Å². The number of nitrogens with one attached hydrogen (secondary N) is 2. The van der Waals surface area contributed by atoms with Gasteiger partial charge in [0.1, 0.15) is 11.5 Å². The molecular weight excluding hydrogens is 356 g/mol. The van der Waals surface area contributed by atoms with Crippen molar-refractivity contribution >= 4 is 34.8 Å². The summed E-state index contributed by atoms with van der Waals surface area (Å²) in [6.45, 7) is -0.0179. The number of carbonyl (C=O) groups is 2. The minimum atomic E-state index is -0.411. The topological polar surface area (TPSA) is 80.6 Å². The number of carbonyl (C=O) groups excluding carboxylic acids is 2. The number of benzene rings is 2. The summed E-state index contributed by atoms with van der Waals surface area (Å²) in [4.78, 5) is 23.8. The van der Waals surface area contributed by atoms with Crippen LogP contribution in [0.5, 0.6) is 5.75 Å². The second kappa shape index (κ2) is 6.57. The van der Waals surface area contributed by atoms with Crippen LogP contribution in [0.3, 0.4) is 0 Å². The summed E-state index contributed by atoms with van der Waals surface area (Å²) in [5.41, 5.74) is 1.73. The molecule has 1 aliphatic rings. The molecule has 1 aliphatic heterocycles. The average molecular weight is 369 g/mol. The number of furan rings is 1. The first-order valence-corrected chi connectivity index (χ1v) is 8.21. The summed E-state index contributed by atoms with van der Waals surface area (Å²) in [7, 11) is 0. The maximum atomic E-state index is 12.4. The maximum Gasteiger partial charge on any atom is 0.291 e. The van der Waals surface area contributed by atoms with Crippen LogP contribution in [0.1, 0.15) is 10.6 Å². The van der Waals surface area contributed by atoms with Gasteiger partial charge in [0.15, 0.2) is 12.4 Å². The fraction of sp³-hybridized carbons (Fsp3) is 0.0526. The van der Waals surface area contributed by atoms with E-state index in [1.165, 1.54) is 0 Å². The molecule has 26 heavy (non-hydrogen) atoms. The molecule has 0 saturated carbocycles. The molecule has 4 rings (SSSR count). The van der Waals surface area contributed by atoms with E-state index in [9.17, 15) is 9.59 Å². The van der Waals surface area contributed by atoms with Gasteiger partial charge in [-0.1, -0.05) is 23.7 Å². The lowest BCUT2D eigenvalue weighted by Crippen LogP contribution is -2.25. The van der Waals surface area contributed by atoms with Gasteiger partial charge in [0, 0.05) is 11.3 Å². The highest BCUT2D eigenvalue weighted by molar-refractivity contribution is 6.33. The predicted octanol–water partition coefficient (Wildman–Crippen LogP) is 4.18. The minimum absolute atomic E-state index is 0.0179. The predicted molar refractivity (Wildman–Crippen MR) is 97.7 cm³/mol. The summed E-state index contributed by atoms with van der Waals surface area (Å²) in [5.74, 6) is 0.564. The molecule has 0 radical (unpaired) electrons. The number of hydrogen-bond donors (Lipinski definition) is 2. The van der Waals surface area contributed by atoms with Crippen molar-refractivity contribution in [2.45, 2.75) is 0 Å². The quantitative estimate of drug-likeness (QED) is 0.726. The smallest absolute Gasteiger partial charge is 0.291 e. The van der Waals surface area contributed by atoms with Gasteiger partial charge in [-0.05, 0) is 42.5 Å². The summed E-state index contributed by atoms with van der Waals surface area (Å²) in [5, 5.41) is 5.96. The van der Waals surface area contributed by atoms with E-state index in [1.54, 1.807) is 36.4 Å². The van der Waals surface area contributed by atoms with Crippen LogP contribution in [0.15, 0.2) is 59.0 Å². The van der Waals surface area contributed by atoms with E-state index in [2.05, 4.69) is 10.6 Å². The highest BCUT2D eigenvalue weighted by atomic mass is 35.5. The maximum absolute atomic E-state index is 12.4. The van der Waals surface area contributed by atoms with E-state index < -0.39 is 5.91 Å². The third-order valence-corrected chi connectivity index (χ3v) is 4.17. The molecule has 130 valence electrons. The number of halogens is 1. The van der Waals surface area contributed by atoms with Crippen LogP contribution in [0.4, 0.5) is 11.4 Å². The molecule has 7 heteroatoms. The van der Waals surface area contributed by atoms with Gasteiger partial charge in [0.05, 0.1) is 10.7 Å². The van der Waals surface area contributed by atoms with Gasteiger partial charge >= 0.3 is 0 Å². The summed E-state index contributed by atoms with van der Waals surface area (Å²) < 4.78 is 10.9. The van der Waals surface area contributed by atoms with Gasteiger partial charge in [-0.25, -0.2) is 0 Å². The second-order valence-corrected chi connectivity index (χ2v) is 6.05. The molecule has 2 heterocycles. The van der Waals surface area contributed by atoms with Crippen molar-refractivity contribution < 1.29 is 18.7 Å². The van der Waals surface area contributed by atoms with Crippen molar-refractivity contribution in [2.24, 2.45) is 0 Å². The molecule has 0 saturated heterocycles. The zero-order valence-corrected chi connectivity index (χ0v) is 14.2. The van der Waals surface area contributed by atoms with E-state index in [0.29, 0.717) is 33.5 Å². The molecule has 0 unspecified atom stereocenters. The Balaban J connectivity index is 1.53. The first-order chi connectivity index (χ1) is 12.6. The molecule has 6 nitrogen and oxygen atoms in total. The Hall–Kier alpha value is -3.25. The van der Waals surface area contributed by atoms with Crippen molar-refractivity contribution in [1.82, 2.24) is 0 Å². The standard InChI is InChI=1S/C19H13ClN2O4/c20-13-4-2-1-3-12(13)15-7-8-17(26-15)19(24)21-11-5-6-16-14(9-11)22-18(23)10-25-16/h1-9H,10H2,(H,21,24)(H,22,23). The van der Waals surface area contributed by atoms with Crippen LogP contribution in [0, 0.1) is 0 Å². The zero-order valence-electron chi connectivity index (χ0n) is 13.4. The van der Waals surface area contributed by atoms with Gasteiger partial charge in [0.2, 0.25) is 0 Å². The number of amides is 2. The molecule has 0 aliphatic carbocycles. The van der Waals surface area contributed by atoms with Crippen molar-refractivity contribution in [1.29, 1.82) is 0 Å². The van der Waals surface area contributed by atoms with Gasteiger partial charge < -0.3 is 19.8 Å². The van der Waals surface area contributed by atoms with Crippen LogP contribution in [-0.2, 0) is 4.79 Å². The number of anilines is 2. The van der Waals surface area contributed by atoms with Crippen molar-refractivity contribution in [3.63, 3.8) is 0 Å². The average Bonchev–Trinajstić information content (AvgIpc) is 3.12. The van der Waals surface area contributed by atoms with E-state index in [-0.39, 0.29) is 18.3 Å². The number of rotatable bonds is 3. The second-order valence-electron chi connectivity index (χ2n) is 5.65. The van der Waals surface area contributed by atoms with Gasteiger partial charge in [-0.2, -0.15) is 0 Å². The largest absolute Gasteiger partial charge is 0.482 e. The summed E-state index contributed by atoms with van der Waals surface area (Å²) in [6.07, 6.45) is 0. The molecule has 0 bridgehead atoms. The lowest BCUT2D eigenvalue weighted by atomic mass is 10.2. The van der Waals surface area contributed by atoms with Crippen molar-refractivity contribution in [3.8, 4) is 17.1 Å². The molecular formula is C19H13ClN2O4. The van der Waals surface area contributed by atoms with E-state index in [4.69, 9.17) is 20.8 Å². The third kappa shape index (κ3) is 3.14. The van der Waals surface area contributed by atoms with Crippen LogP contribution in [0.2, 0.25) is 5.02 Å². The van der Waals surface area contributed by atoms with Gasteiger partial charge in [-0.15, -0.1) is 0 Å². The zero-order chi connectivity index (χ0) is 18.1. The summed E-state index contributed by atoms with van der Waals surface area (Å²) >= 11 is 6.15. The van der Waals surface area contributed by atoms with E-state index >= 15 is 0 Å². The van der Waals surface area contributed by atoms with Crippen LogP contribution >= 0.6 is 11.6 Å². The van der Waals surface area contributed by atoms with E-state index in [0.717, 1.165) is 0 Å². The number of fused-ring (bicyclic) bond motifs is 1. The molecule has 1 aromatic heterocycles. The Labute approximate surface area is 153 Å². The molecule has 0 fully saturated rings. The first-order valence-electron chi connectivity index (χ1n) is 7.83. The number of hydrogen-bond acceptors (Lipinski definition) is 4. The molecule has 2 amide bonds. The lowest BCUT2D eigenvalue weighted by Gasteiger charge is -2.18. The fourth-order valence-electron chi connectivity index (χ4n) is 2.62. The SMILES string of the molecule is O=C1COc2ccc(NC(=O)c3ccc(-c4ccccc4Cl)o3)cc2N1. The molecule has 2 aromatic carbocycles. The highest BCUT2D eigenvalue weighted by Gasteiger charge is 2.18. The third-order valence-electron chi connectivity index (χ3n) is 3.84. The molecule has 0 atom stereocenters. The Morgan fingerprint density at radius 1 is 1.12 bits per heavy atom. The minimum Gasteiger partial charge on any atom is -0.482 e. The summed E-state index contributed by atoms with van der Waals surface area (Å²) in [6, 6.07) is 15.5. The van der Waals surface area contributed by atoms with Crippen molar-refractivity contribution in [3.05, 3.63) is 65.4 Å². The normalized spacial score (nSPS) is 12.7. The lowest BCUT2D eigenvalue weighted by molar-refractivity contribution is -0.118. The van der Waals surface area contributed by atoms with Crippen LogP contribution in [-0.4, -0.2) is 18.4 Å². The Bertz CT molecular complexity index is 1010. The van der Waals surface area contributed by atoms with Crippen LogP contribution < -0.4 is 15.4 Å². The first kappa shape index (κ1) is 16.2. The monoisotopic (exact) mass is 368 g/mol. The van der Waals surface area contributed by atoms with Crippen LogP contribution in [0.25, 0.3) is 11.3 Å². The number of ether oxygens (including phenoxy) is 1. The Morgan fingerprint density at radius 3 is 2.81 bits per heavy atom. The fourth-order valence-corrected chi connectivity index (χ4v) is 2.85. The van der Waals surface area contributed by atoms with Crippen molar-refractivity contribution in [2.75, 3.05) is 17.2 Å². The Morgan fingerprint density at radius 2 is 1.96 bits per heavy atom. The Kier molecular flexibility index (Phi) is 4.10. The van der Waals surface area contributed by atoms with Gasteiger partial charge in [-0.3, -0.25) is 9.59 Å². The highest BCUT2D eigenvalue weighted by Crippen LogP contribution is 2.31. The molecule has 0 spiro atoms. The molecule has 2 N–H and O–H groups in total. The molecule has 3 aromatic rings. The van der Waals surface area contributed by atoms with E-state index in [1.807, 2.05) is 18.2 Å².